The van der Waals surface area contributed by atoms with Crippen molar-refractivity contribution in [1.82, 2.24) is 15.3 Å². The Hall–Kier alpha value is -3.17. The fraction of sp³-hybridized carbons (Fsp3) is 0.150. The molecule has 0 fully saturated rings. The molecular formula is C20H17ClN4O4S. The van der Waals surface area contributed by atoms with Gasteiger partial charge >= 0.3 is 0 Å². The molecule has 1 aliphatic rings. The third-order valence-corrected chi connectivity index (χ3v) is 6.28. The lowest BCUT2D eigenvalue weighted by atomic mass is 10.1. The SMILES string of the molecule is CNC(=O)c1cncc(-c2cnc(Cl)c(NS(=O)(=O)c3ccc4c(c3)CCO4)c2)c1. The summed E-state index contributed by atoms with van der Waals surface area (Å²) in [6.07, 6.45) is 5.13. The highest BCUT2D eigenvalue weighted by atomic mass is 35.5. The summed E-state index contributed by atoms with van der Waals surface area (Å²) in [4.78, 5) is 20.1. The van der Waals surface area contributed by atoms with Gasteiger partial charge in [0.1, 0.15) is 5.75 Å². The number of anilines is 1. The van der Waals surface area contributed by atoms with E-state index in [4.69, 9.17) is 16.3 Å². The van der Waals surface area contributed by atoms with Gasteiger partial charge in [-0.1, -0.05) is 11.6 Å². The number of nitrogens with one attached hydrogen (secondary N) is 2. The number of ether oxygens (including phenoxy) is 1. The number of benzene rings is 1. The van der Waals surface area contributed by atoms with E-state index < -0.39 is 10.0 Å². The summed E-state index contributed by atoms with van der Waals surface area (Å²) in [6.45, 7) is 0.535. The Kier molecular flexibility index (Phi) is 5.31. The van der Waals surface area contributed by atoms with Gasteiger partial charge in [-0.3, -0.25) is 14.5 Å². The van der Waals surface area contributed by atoms with Crippen LogP contribution in [0.4, 0.5) is 5.69 Å². The molecule has 0 atom stereocenters. The van der Waals surface area contributed by atoms with Gasteiger partial charge in [0, 0.05) is 43.2 Å². The second-order valence-corrected chi connectivity index (χ2v) is 8.62. The molecule has 0 spiro atoms. The van der Waals surface area contributed by atoms with Crippen molar-refractivity contribution in [3.05, 3.63) is 65.2 Å². The van der Waals surface area contributed by atoms with Crippen LogP contribution in [0.5, 0.6) is 5.75 Å². The molecule has 3 aromatic rings. The monoisotopic (exact) mass is 444 g/mol. The van der Waals surface area contributed by atoms with Crippen LogP contribution in [0, 0.1) is 0 Å². The van der Waals surface area contributed by atoms with Crippen LogP contribution < -0.4 is 14.8 Å². The summed E-state index contributed by atoms with van der Waals surface area (Å²) >= 11 is 6.14. The molecule has 0 saturated heterocycles. The van der Waals surface area contributed by atoms with Crippen LogP contribution >= 0.6 is 11.6 Å². The lowest BCUT2D eigenvalue weighted by Crippen LogP contribution is -2.17. The molecule has 0 radical (unpaired) electrons. The van der Waals surface area contributed by atoms with Gasteiger partial charge in [0.05, 0.1) is 22.8 Å². The van der Waals surface area contributed by atoms with Crippen LogP contribution in [0.25, 0.3) is 11.1 Å². The van der Waals surface area contributed by atoms with E-state index in [2.05, 4.69) is 20.0 Å². The summed E-state index contributed by atoms with van der Waals surface area (Å²) in [5, 5.41) is 2.53. The topological polar surface area (TPSA) is 110 Å². The zero-order valence-electron chi connectivity index (χ0n) is 15.8. The number of halogens is 1. The number of pyridine rings is 2. The van der Waals surface area contributed by atoms with Gasteiger partial charge in [-0.05, 0) is 35.9 Å². The number of rotatable bonds is 5. The predicted octanol–water partition coefficient (Wildman–Crippen LogP) is 2.89. The number of hydrogen-bond donors (Lipinski definition) is 2. The van der Waals surface area contributed by atoms with Gasteiger partial charge in [-0.2, -0.15) is 0 Å². The van der Waals surface area contributed by atoms with Gasteiger partial charge in [-0.25, -0.2) is 13.4 Å². The van der Waals surface area contributed by atoms with E-state index in [-0.39, 0.29) is 21.6 Å². The van der Waals surface area contributed by atoms with E-state index in [1.165, 1.54) is 25.5 Å². The second-order valence-electron chi connectivity index (χ2n) is 6.58. The maximum absolute atomic E-state index is 12.9. The van der Waals surface area contributed by atoms with Gasteiger partial charge < -0.3 is 10.1 Å². The molecule has 0 saturated carbocycles. The minimum Gasteiger partial charge on any atom is -0.493 e. The van der Waals surface area contributed by atoms with E-state index in [1.54, 1.807) is 30.5 Å². The second kappa shape index (κ2) is 7.92. The Morgan fingerprint density at radius 2 is 1.93 bits per heavy atom. The van der Waals surface area contributed by atoms with Crippen LogP contribution in [-0.4, -0.2) is 37.9 Å². The third kappa shape index (κ3) is 3.94. The van der Waals surface area contributed by atoms with Crippen molar-refractivity contribution in [1.29, 1.82) is 0 Å². The highest BCUT2D eigenvalue weighted by molar-refractivity contribution is 7.92. The first-order valence-electron chi connectivity index (χ1n) is 8.99. The number of sulfonamides is 1. The molecule has 10 heteroatoms. The number of aromatic nitrogens is 2. The Labute approximate surface area is 178 Å². The molecule has 4 rings (SSSR count). The van der Waals surface area contributed by atoms with Crippen molar-refractivity contribution in [3.8, 4) is 16.9 Å². The molecule has 1 aliphatic heterocycles. The molecule has 0 unspecified atom stereocenters. The summed E-state index contributed by atoms with van der Waals surface area (Å²) in [5.41, 5.74) is 2.48. The zero-order valence-corrected chi connectivity index (χ0v) is 17.4. The molecule has 1 aromatic carbocycles. The lowest BCUT2D eigenvalue weighted by Gasteiger charge is -2.12. The van der Waals surface area contributed by atoms with Crippen molar-refractivity contribution in [2.75, 3.05) is 18.4 Å². The summed E-state index contributed by atoms with van der Waals surface area (Å²) < 4.78 is 33.7. The molecule has 2 N–H and O–H groups in total. The molecule has 8 nitrogen and oxygen atoms in total. The zero-order chi connectivity index (χ0) is 21.3. The Morgan fingerprint density at radius 1 is 1.13 bits per heavy atom. The van der Waals surface area contributed by atoms with Gasteiger partial charge in [-0.15, -0.1) is 0 Å². The van der Waals surface area contributed by atoms with Gasteiger partial charge in [0.25, 0.3) is 15.9 Å². The molecule has 0 aliphatic carbocycles. The largest absolute Gasteiger partial charge is 0.493 e. The quantitative estimate of drug-likeness (QED) is 0.585. The summed E-state index contributed by atoms with van der Waals surface area (Å²) in [7, 11) is -2.37. The number of hydrogen-bond acceptors (Lipinski definition) is 6. The molecule has 30 heavy (non-hydrogen) atoms. The van der Waals surface area contributed by atoms with Crippen LogP contribution in [-0.2, 0) is 16.4 Å². The third-order valence-electron chi connectivity index (χ3n) is 4.62. The van der Waals surface area contributed by atoms with Crippen LogP contribution in [0.3, 0.4) is 0 Å². The van der Waals surface area contributed by atoms with E-state index in [0.717, 1.165) is 5.56 Å². The standard InChI is InChI=1S/C20H17ClN4O4S/c1-22-20(26)15-6-13(9-23-10-15)14-8-17(19(21)24-11-14)25-30(27,28)16-2-3-18-12(7-16)4-5-29-18/h2-3,6-11,25H,4-5H2,1H3,(H,22,26). The summed E-state index contributed by atoms with van der Waals surface area (Å²) in [6, 6.07) is 7.90. The number of amides is 1. The molecule has 1 amide bonds. The Balaban J connectivity index is 1.66. The van der Waals surface area contributed by atoms with Gasteiger partial charge in [0.15, 0.2) is 5.15 Å². The Morgan fingerprint density at radius 3 is 2.73 bits per heavy atom. The molecule has 0 bridgehead atoms. The number of carbonyl (C=O) groups excluding carboxylic acids is 1. The molecule has 2 aromatic heterocycles. The van der Waals surface area contributed by atoms with E-state index in [1.807, 2.05) is 0 Å². The van der Waals surface area contributed by atoms with Crippen molar-refractivity contribution < 1.29 is 17.9 Å². The lowest BCUT2D eigenvalue weighted by molar-refractivity contribution is 0.0962. The van der Waals surface area contributed by atoms with Crippen molar-refractivity contribution in [2.45, 2.75) is 11.3 Å². The van der Waals surface area contributed by atoms with E-state index >= 15 is 0 Å². The van der Waals surface area contributed by atoms with Crippen molar-refractivity contribution >= 4 is 33.2 Å². The van der Waals surface area contributed by atoms with E-state index in [9.17, 15) is 13.2 Å². The number of fused-ring (bicyclic) bond motifs is 1. The first-order valence-corrected chi connectivity index (χ1v) is 10.8. The predicted molar refractivity (Wildman–Crippen MR) is 112 cm³/mol. The molecule has 3 heterocycles. The van der Waals surface area contributed by atoms with Crippen LogP contribution in [0.2, 0.25) is 5.15 Å². The highest BCUT2D eigenvalue weighted by Crippen LogP contribution is 2.31. The maximum atomic E-state index is 12.9. The summed E-state index contributed by atoms with van der Waals surface area (Å²) in [5.74, 6) is 0.409. The molecular weight excluding hydrogens is 428 g/mol. The van der Waals surface area contributed by atoms with Crippen LogP contribution in [0.1, 0.15) is 15.9 Å². The maximum Gasteiger partial charge on any atom is 0.262 e. The fourth-order valence-corrected chi connectivity index (χ4v) is 4.39. The minimum absolute atomic E-state index is 0.00207. The number of carbonyl (C=O) groups is 1. The van der Waals surface area contributed by atoms with Crippen LogP contribution in [0.15, 0.2) is 53.8 Å². The normalized spacial score (nSPS) is 12.7. The average molecular weight is 445 g/mol. The first-order chi connectivity index (χ1) is 14.4. The average Bonchev–Trinajstić information content (AvgIpc) is 3.22. The number of nitrogens with zero attached hydrogens (tertiary/aromatic N) is 2. The van der Waals surface area contributed by atoms with E-state index in [0.29, 0.717) is 35.5 Å². The first kappa shape index (κ1) is 20.1. The van der Waals surface area contributed by atoms with Gasteiger partial charge in [0.2, 0.25) is 0 Å². The minimum atomic E-state index is -3.89. The Bertz CT molecular complexity index is 1250. The highest BCUT2D eigenvalue weighted by Gasteiger charge is 2.21. The smallest absolute Gasteiger partial charge is 0.262 e. The molecule has 154 valence electrons. The van der Waals surface area contributed by atoms with Crippen molar-refractivity contribution in [2.24, 2.45) is 0 Å². The fourth-order valence-electron chi connectivity index (χ4n) is 3.08. The van der Waals surface area contributed by atoms with Crippen molar-refractivity contribution in [3.63, 3.8) is 0 Å².